The Balaban J connectivity index is 1.98. The lowest BCUT2D eigenvalue weighted by Gasteiger charge is -2.25. The molecule has 4 nitrogen and oxygen atoms in total. The largest absolute Gasteiger partial charge is 0.391 e. The molecule has 1 N–H and O–H groups in total. The average Bonchev–Trinajstić information content (AvgIpc) is 3.18. The number of aliphatic hydroxyl groups is 1. The van der Waals surface area contributed by atoms with Crippen LogP contribution in [0.15, 0.2) is 29.2 Å². The molecule has 2 fully saturated rings. The van der Waals surface area contributed by atoms with Gasteiger partial charge in [-0.1, -0.05) is 37.5 Å². The monoisotopic (exact) mass is 309 g/mol. The fourth-order valence-electron chi connectivity index (χ4n) is 3.88. The molecule has 5 heteroatoms. The van der Waals surface area contributed by atoms with Crippen LogP contribution in [-0.2, 0) is 10.0 Å². The number of sulfonamides is 1. The predicted molar refractivity (Wildman–Crippen MR) is 81.5 cm³/mol. The number of benzene rings is 1. The summed E-state index contributed by atoms with van der Waals surface area (Å²) in [5, 5.41) is 10.4. The van der Waals surface area contributed by atoms with E-state index in [4.69, 9.17) is 0 Å². The molecule has 1 saturated carbocycles. The molecular weight excluding hydrogens is 286 g/mol. The smallest absolute Gasteiger partial charge is 0.244 e. The van der Waals surface area contributed by atoms with Crippen LogP contribution in [0.3, 0.4) is 0 Å². The van der Waals surface area contributed by atoms with Crippen molar-refractivity contribution in [2.24, 2.45) is 0 Å². The van der Waals surface area contributed by atoms with Crippen LogP contribution in [0.4, 0.5) is 0 Å². The Bertz CT molecular complexity index is 625. The van der Waals surface area contributed by atoms with Crippen LogP contribution in [-0.4, -0.2) is 35.5 Å². The molecular formula is C16H23NO3S. The van der Waals surface area contributed by atoms with Gasteiger partial charge in [0.1, 0.15) is 0 Å². The zero-order valence-electron chi connectivity index (χ0n) is 12.6. The highest BCUT2D eigenvalue weighted by Crippen LogP contribution is 2.56. The van der Waals surface area contributed by atoms with E-state index in [-0.39, 0.29) is 6.04 Å². The zero-order valence-corrected chi connectivity index (χ0v) is 13.4. The van der Waals surface area contributed by atoms with E-state index in [2.05, 4.69) is 0 Å². The highest BCUT2D eigenvalue weighted by atomic mass is 32.2. The molecule has 0 spiro atoms. The molecule has 116 valence electrons. The summed E-state index contributed by atoms with van der Waals surface area (Å²) < 4.78 is 27.4. The number of aliphatic hydroxyl groups excluding tert-OH is 1. The first-order valence-electron chi connectivity index (χ1n) is 7.74. The predicted octanol–water partition coefficient (Wildman–Crippen LogP) is 2.45. The van der Waals surface area contributed by atoms with Crippen LogP contribution in [0.25, 0.3) is 0 Å². The summed E-state index contributed by atoms with van der Waals surface area (Å²) in [6.45, 7) is 3.86. The fraction of sp³-hybridized carbons (Fsp3) is 0.625. The quantitative estimate of drug-likeness (QED) is 0.869. The minimum Gasteiger partial charge on any atom is -0.391 e. The van der Waals surface area contributed by atoms with E-state index in [1.54, 1.807) is 16.4 Å². The van der Waals surface area contributed by atoms with E-state index in [9.17, 15) is 13.5 Å². The topological polar surface area (TPSA) is 57.4 Å². The third-order valence-corrected chi connectivity index (χ3v) is 7.03. The van der Waals surface area contributed by atoms with E-state index in [0.717, 1.165) is 31.2 Å². The summed E-state index contributed by atoms with van der Waals surface area (Å²) in [6, 6.07) is 6.96. The van der Waals surface area contributed by atoms with E-state index >= 15 is 0 Å². The molecule has 0 aromatic heterocycles. The van der Waals surface area contributed by atoms with Crippen molar-refractivity contribution in [3.8, 4) is 0 Å². The van der Waals surface area contributed by atoms with Gasteiger partial charge in [-0.05, 0) is 38.3 Å². The van der Waals surface area contributed by atoms with Gasteiger partial charge in [0, 0.05) is 6.04 Å². The van der Waals surface area contributed by atoms with Gasteiger partial charge in [0.2, 0.25) is 10.0 Å². The number of hydrogen-bond acceptors (Lipinski definition) is 3. The molecule has 1 aromatic carbocycles. The number of rotatable bonds is 4. The van der Waals surface area contributed by atoms with Gasteiger partial charge >= 0.3 is 0 Å². The van der Waals surface area contributed by atoms with Crippen molar-refractivity contribution in [1.29, 1.82) is 0 Å². The van der Waals surface area contributed by atoms with E-state index in [1.807, 2.05) is 26.0 Å². The minimum atomic E-state index is -3.51. The van der Waals surface area contributed by atoms with Gasteiger partial charge in [0.05, 0.1) is 16.5 Å². The Morgan fingerprint density at radius 2 is 2.00 bits per heavy atom. The lowest BCUT2D eigenvalue weighted by atomic mass is 9.84. The van der Waals surface area contributed by atoms with Crippen LogP contribution >= 0.6 is 0 Å². The van der Waals surface area contributed by atoms with Gasteiger partial charge in [-0.25, -0.2) is 8.42 Å². The number of aryl methyl sites for hydroxylation is 1. The van der Waals surface area contributed by atoms with Crippen LogP contribution in [0.2, 0.25) is 0 Å². The van der Waals surface area contributed by atoms with Crippen LogP contribution in [0.1, 0.15) is 44.6 Å². The Morgan fingerprint density at radius 3 is 2.62 bits per heavy atom. The van der Waals surface area contributed by atoms with Gasteiger partial charge in [0.25, 0.3) is 0 Å². The molecule has 3 rings (SSSR count). The molecule has 1 aliphatic carbocycles. The molecule has 1 saturated heterocycles. The first kappa shape index (κ1) is 15.0. The van der Waals surface area contributed by atoms with E-state index in [1.165, 1.54) is 0 Å². The Kier molecular flexibility index (Phi) is 3.62. The molecule has 1 unspecified atom stereocenters. The minimum absolute atomic E-state index is 0.0208. The second-order valence-corrected chi connectivity index (χ2v) is 8.11. The van der Waals surface area contributed by atoms with E-state index in [0.29, 0.717) is 11.3 Å². The second kappa shape index (κ2) is 5.07. The molecule has 0 bridgehead atoms. The standard InChI is InChI=1S/C16H23NO3S/c1-3-15(18)16-11-5-4-6-14(16)17(16)21(19,20)13-9-7-12(2)8-10-13/h7-10,14-15,18H,3-6,11H2,1-2H3/t14-,15-,16+,17?/m0/s1. The van der Waals surface area contributed by atoms with Crippen molar-refractivity contribution < 1.29 is 13.5 Å². The van der Waals surface area contributed by atoms with Crippen molar-refractivity contribution in [3.05, 3.63) is 29.8 Å². The third kappa shape index (κ3) is 2.14. The molecule has 0 amide bonds. The summed E-state index contributed by atoms with van der Waals surface area (Å²) in [7, 11) is -3.51. The van der Waals surface area contributed by atoms with Gasteiger partial charge in [-0.15, -0.1) is 0 Å². The Labute approximate surface area is 126 Å². The van der Waals surface area contributed by atoms with Gasteiger partial charge < -0.3 is 5.11 Å². The van der Waals surface area contributed by atoms with Gasteiger partial charge in [-0.2, -0.15) is 4.31 Å². The maximum absolute atomic E-state index is 12.9. The number of fused-ring (bicyclic) bond motifs is 1. The normalized spacial score (nSPS) is 33.3. The first-order chi connectivity index (χ1) is 9.94. The number of hydrogen-bond donors (Lipinski definition) is 1. The Hall–Kier alpha value is -0.910. The average molecular weight is 309 g/mol. The third-order valence-electron chi connectivity index (χ3n) is 5.05. The fourth-order valence-corrected chi connectivity index (χ4v) is 5.94. The Morgan fingerprint density at radius 1 is 1.33 bits per heavy atom. The molecule has 1 heterocycles. The number of nitrogens with zero attached hydrogens (tertiary/aromatic N) is 1. The maximum atomic E-state index is 12.9. The van der Waals surface area contributed by atoms with Crippen molar-refractivity contribution in [3.63, 3.8) is 0 Å². The lowest BCUT2D eigenvalue weighted by molar-refractivity contribution is 0.100. The molecule has 4 atom stereocenters. The van der Waals surface area contributed by atoms with Crippen molar-refractivity contribution >= 4 is 10.0 Å². The molecule has 1 aliphatic heterocycles. The second-order valence-electron chi connectivity index (χ2n) is 6.29. The van der Waals surface area contributed by atoms with Crippen LogP contribution in [0, 0.1) is 6.92 Å². The van der Waals surface area contributed by atoms with Crippen LogP contribution in [0.5, 0.6) is 0 Å². The molecule has 1 aromatic rings. The maximum Gasteiger partial charge on any atom is 0.244 e. The first-order valence-corrected chi connectivity index (χ1v) is 9.18. The van der Waals surface area contributed by atoms with Gasteiger partial charge in [-0.3, -0.25) is 0 Å². The highest BCUT2D eigenvalue weighted by Gasteiger charge is 2.71. The summed E-state index contributed by atoms with van der Waals surface area (Å²) in [5.41, 5.74) is 0.497. The van der Waals surface area contributed by atoms with Crippen LogP contribution < -0.4 is 0 Å². The SMILES string of the molecule is CC[C@H](O)[C@@]12CCCC[C@@H]1N2S(=O)(=O)c1ccc(C)cc1. The molecule has 0 radical (unpaired) electrons. The summed E-state index contributed by atoms with van der Waals surface area (Å²) in [6.07, 6.45) is 3.70. The summed E-state index contributed by atoms with van der Waals surface area (Å²) in [5.74, 6) is 0. The molecule has 2 aliphatic rings. The summed E-state index contributed by atoms with van der Waals surface area (Å²) in [4.78, 5) is 0.338. The zero-order chi connectivity index (χ0) is 15.3. The molecule has 21 heavy (non-hydrogen) atoms. The highest BCUT2D eigenvalue weighted by molar-refractivity contribution is 7.89. The lowest BCUT2D eigenvalue weighted by Crippen LogP contribution is -2.37. The summed E-state index contributed by atoms with van der Waals surface area (Å²) >= 11 is 0. The van der Waals surface area contributed by atoms with Crippen molar-refractivity contribution in [2.75, 3.05) is 0 Å². The van der Waals surface area contributed by atoms with E-state index < -0.39 is 21.7 Å². The van der Waals surface area contributed by atoms with Crippen molar-refractivity contribution in [1.82, 2.24) is 4.31 Å². The van der Waals surface area contributed by atoms with Crippen molar-refractivity contribution in [2.45, 2.75) is 68.5 Å². The van der Waals surface area contributed by atoms with Gasteiger partial charge in [0.15, 0.2) is 0 Å².